The molecule has 0 unspecified atom stereocenters. The van der Waals surface area contributed by atoms with Crippen LogP contribution >= 0.6 is 15.9 Å². The van der Waals surface area contributed by atoms with E-state index in [2.05, 4.69) is 26.2 Å². The summed E-state index contributed by atoms with van der Waals surface area (Å²) in [6.07, 6.45) is 1.73. The first-order valence-corrected chi connectivity index (χ1v) is 6.11. The Bertz CT molecular complexity index is 502. The average Bonchev–Trinajstić information content (AvgIpc) is 2.35. The van der Waals surface area contributed by atoms with Crippen LogP contribution in [0.4, 0.5) is 0 Å². The molecule has 0 amide bonds. The molecule has 0 fully saturated rings. The molecule has 2 aromatic rings. The van der Waals surface area contributed by atoms with Gasteiger partial charge in [0.1, 0.15) is 5.75 Å². The fourth-order valence-corrected chi connectivity index (χ4v) is 1.84. The summed E-state index contributed by atoms with van der Waals surface area (Å²) < 4.78 is 6.71. The van der Waals surface area contributed by atoms with Crippen LogP contribution in [0.3, 0.4) is 0 Å². The van der Waals surface area contributed by atoms with Gasteiger partial charge in [0.05, 0.1) is 4.47 Å². The molecule has 0 spiro atoms. The molecule has 1 aromatic heterocycles. The van der Waals surface area contributed by atoms with E-state index in [9.17, 15) is 0 Å². The summed E-state index contributed by atoms with van der Waals surface area (Å²) >= 11 is 3.45. The van der Waals surface area contributed by atoms with Crippen molar-refractivity contribution in [2.24, 2.45) is 0 Å². The molecule has 0 aliphatic carbocycles. The zero-order valence-corrected chi connectivity index (χ0v) is 11.1. The van der Waals surface area contributed by atoms with Gasteiger partial charge in [-0.25, -0.2) is 4.98 Å². The van der Waals surface area contributed by atoms with Gasteiger partial charge < -0.3 is 10.1 Å². The van der Waals surface area contributed by atoms with Crippen molar-refractivity contribution in [1.29, 1.82) is 0 Å². The molecule has 1 aromatic carbocycles. The van der Waals surface area contributed by atoms with Crippen LogP contribution in [-0.4, -0.2) is 12.0 Å². The molecule has 3 nitrogen and oxygen atoms in total. The van der Waals surface area contributed by atoms with Gasteiger partial charge in [-0.3, -0.25) is 0 Å². The Kier molecular flexibility index (Phi) is 4.12. The molecule has 2 rings (SSSR count). The first-order valence-electron chi connectivity index (χ1n) is 5.32. The van der Waals surface area contributed by atoms with Crippen LogP contribution in [-0.2, 0) is 6.54 Å². The molecular weight excluding hydrogens is 280 g/mol. The van der Waals surface area contributed by atoms with Gasteiger partial charge in [-0.1, -0.05) is 18.2 Å². The highest BCUT2D eigenvalue weighted by atomic mass is 79.9. The number of hydrogen-bond donors (Lipinski definition) is 1. The fraction of sp³-hybridized carbons (Fsp3) is 0.154. The normalized spacial score (nSPS) is 10.2. The van der Waals surface area contributed by atoms with E-state index in [0.29, 0.717) is 5.88 Å². The lowest BCUT2D eigenvalue weighted by molar-refractivity contribution is 0.451. The predicted molar refractivity (Wildman–Crippen MR) is 71.2 cm³/mol. The first kappa shape index (κ1) is 12.1. The zero-order chi connectivity index (χ0) is 12.1. The second-order valence-corrected chi connectivity index (χ2v) is 4.38. The van der Waals surface area contributed by atoms with Crippen molar-refractivity contribution in [2.75, 3.05) is 7.05 Å². The largest absolute Gasteiger partial charge is 0.438 e. The number of pyridine rings is 1. The maximum atomic E-state index is 5.79. The summed E-state index contributed by atoms with van der Waals surface area (Å²) in [6, 6.07) is 11.6. The molecule has 0 aliphatic heterocycles. The zero-order valence-electron chi connectivity index (χ0n) is 9.48. The number of benzene rings is 1. The Balaban J connectivity index is 2.27. The van der Waals surface area contributed by atoms with Gasteiger partial charge in [0.25, 0.3) is 0 Å². The number of halogens is 1. The van der Waals surface area contributed by atoms with E-state index in [4.69, 9.17) is 4.74 Å². The molecule has 0 radical (unpaired) electrons. The van der Waals surface area contributed by atoms with Crippen LogP contribution in [0.2, 0.25) is 0 Å². The standard InChI is InChI=1S/C13H13BrN2O/c1-15-9-10-5-4-8-16-13(10)17-12-7-3-2-6-11(12)14/h2-8,15H,9H2,1H3. The fourth-order valence-electron chi connectivity index (χ4n) is 1.47. The summed E-state index contributed by atoms with van der Waals surface area (Å²) in [6.45, 7) is 0.730. The lowest BCUT2D eigenvalue weighted by Crippen LogP contribution is -2.07. The van der Waals surface area contributed by atoms with Crippen LogP contribution in [0, 0.1) is 0 Å². The van der Waals surface area contributed by atoms with E-state index in [1.807, 2.05) is 43.4 Å². The van der Waals surface area contributed by atoms with Crippen LogP contribution in [0.25, 0.3) is 0 Å². The van der Waals surface area contributed by atoms with Crippen LogP contribution in [0.5, 0.6) is 11.6 Å². The van der Waals surface area contributed by atoms with E-state index in [1.54, 1.807) is 6.20 Å². The van der Waals surface area contributed by atoms with Crippen molar-refractivity contribution in [1.82, 2.24) is 10.3 Å². The summed E-state index contributed by atoms with van der Waals surface area (Å²) in [5.74, 6) is 1.40. The molecule has 1 N–H and O–H groups in total. The Labute approximate surface area is 109 Å². The molecule has 0 bridgehead atoms. The lowest BCUT2D eigenvalue weighted by Gasteiger charge is -2.10. The van der Waals surface area contributed by atoms with Gasteiger partial charge in [0, 0.05) is 18.3 Å². The Morgan fingerprint density at radius 1 is 1.24 bits per heavy atom. The van der Waals surface area contributed by atoms with Gasteiger partial charge in [-0.05, 0) is 41.2 Å². The maximum absolute atomic E-state index is 5.79. The monoisotopic (exact) mass is 292 g/mol. The number of para-hydroxylation sites is 1. The van der Waals surface area contributed by atoms with Crippen molar-refractivity contribution < 1.29 is 4.74 Å². The average molecular weight is 293 g/mol. The Morgan fingerprint density at radius 2 is 2.06 bits per heavy atom. The predicted octanol–water partition coefficient (Wildman–Crippen LogP) is 3.36. The molecule has 17 heavy (non-hydrogen) atoms. The summed E-state index contributed by atoms with van der Waals surface area (Å²) in [7, 11) is 1.90. The first-order chi connectivity index (χ1) is 8.31. The van der Waals surface area contributed by atoms with Crippen LogP contribution in [0.1, 0.15) is 5.56 Å². The van der Waals surface area contributed by atoms with E-state index >= 15 is 0 Å². The van der Waals surface area contributed by atoms with E-state index in [0.717, 1.165) is 22.3 Å². The van der Waals surface area contributed by atoms with E-state index in [1.165, 1.54) is 0 Å². The molecule has 0 saturated heterocycles. The van der Waals surface area contributed by atoms with Crippen LogP contribution in [0.15, 0.2) is 47.1 Å². The van der Waals surface area contributed by atoms with Gasteiger partial charge in [0.2, 0.25) is 5.88 Å². The highest BCUT2D eigenvalue weighted by Gasteiger charge is 2.07. The smallest absolute Gasteiger partial charge is 0.223 e. The quantitative estimate of drug-likeness (QED) is 0.938. The number of nitrogens with zero attached hydrogens (tertiary/aromatic N) is 1. The van der Waals surface area contributed by atoms with Crippen molar-refractivity contribution in [3.05, 3.63) is 52.6 Å². The van der Waals surface area contributed by atoms with Gasteiger partial charge in [0.15, 0.2) is 0 Å². The molecular formula is C13H13BrN2O. The molecule has 0 saturated carbocycles. The van der Waals surface area contributed by atoms with Crippen molar-refractivity contribution in [2.45, 2.75) is 6.54 Å². The second kappa shape index (κ2) is 5.80. The molecule has 1 heterocycles. The SMILES string of the molecule is CNCc1cccnc1Oc1ccccc1Br. The number of ether oxygens (including phenoxy) is 1. The summed E-state index contributed by atoms with van der Waals surface area (Å²) in [4.78, 5) is 4.25. The number of rotatable bonds is 4. The van der Waals surface area contributed by atoms with Gasteiger partial charge >= 0.3 is 0 Å². The third-order valence-electron chi connectivity index (χ3n) is 2.26. The highest BCUT2D eigenvalue weighted by Crippen LogP contribution is 2.29. The minimum Gasteiger partial charge on any atom is -0.438 e. The Morgan fingerprint density at radius 3 is 2.82 bits per heavy atom. The molecule has 0 aliphatic rings. The third-order valence-corrected chi connectivity index (χ3v) is 2.92. The second-order valence-electron chi connectivity index (χ2n) is 3.53. The van der Waals surface area contributed by atoms with Crippen molar-refractivity contribution >= 4 is 15.9 Å². The van der Waals surface area contributed by atoms with Crippen molar-refractivity contribution in [3.63, 3.8) is 0 Å². The topological polar surface area (TPSA) is 34.2 Å². The summed E-state index contributed by atoms with van der Waals surface area (Å²) in [5, 5.41) is 3.09. The highest BCUT2D eigenvalue weighted by molar-refractivity contribution is 9.10. The van der Waals surface area contributed by atoms with E-state index in [-0.39, 0.29) is 0 Å². The van der Waals surface area contributed by atoms with Crippen LogP contribution < -0.4 is 10.1 Å². The molecule has 88 valence electrons. The molecule has 4 heteroatoms. The van der Waals surface area contributed by atoms with E-state index < -0.39 is 0 Å². The van der Waals surface area contributed by atoms with Gasteiger partial charge in [-0.15, -0.1) is 0 Å². The lowest BCUT2D eigenvalue weighted by atomic mass is 10.2. The number of nitrogens with one attached hydrogen (secondary N) is 1. The molecule has 0 atom stereocenters. The third kappa shape index (κ3) is 3.05. The number of hydrogen-bond acceptors (Lipinski definition) is 3. The van der Waals surface area contributed by atoms with Gasteiger partial charge in [-0.2, -0.15) is 0 Å². The minimum absolute atomic E-state index is 0.633. The maximum Gasteiger partial charge on any atom is 0.223 e. The Hall–Kier alpha value is -1.39. The summed E-state index contributed by atoms with van der Waals surface area (Å²) in [5.41, 5.74) is 1.03. The van der Waals surface area contributed by atoms with Crippen molar-refractivity contribution in [3.8, 4) is 11.6 Å². The number of aromatic nitrogens is 1. The minimum atomic E-state index is 0.633.